The van der Waals surface area contributed by atoms with Crippen molar-refractivity contribution < 1.29 is 29.0 Å². The Morgan fingerprint density at radius 1 is 1.27 bits per heavy atom. The Kier molecular flexibility index (Phi) is 11.5. The van der Waals surface area contributed by atoms with Gasteiger partial charge in [0.2, 0.25) is 0 Å². The molecule has 1 heterocycles. The number of allylic oxidation sites excluding steroid dienone is 3. The van der Waals surface area contributed by atoms with E-state index in [1.807, 2.05) is 26.8 Å². The molecule has 0 radical (unpaired) electrons. The predicted octanol–water partition coefficient (Wildman–Crippen LogP) is 4.14. The lowest BCUT2D eigenvalue weighted by atomic mass is 9.87. The van der Waals surface area contributed by atoms with Crippen molar-refractivity contribution in [2.75, 3.05) is 26.2 Å². The molecule has 1 aliphatic rings. The molecule has 8 heteroatoms. The Bertz CT molecular complexity index is 663. The zero-order chi connectivity index (χ0) is 23.4. The first-order valence-corrected chi connectivity index (χ1v) is 10.1. The van der Waals surface area contributed by atoms with Crippen molar-refractivity contribution in [3.8, 4) is 0 Å². The van der Waals surface area contributed by atoms with E-state index in [1.54, 1.807) is 39.0 Å². The van der Waals surface area contributed by atoms with E-state index >= 15 is 0 Å². The predicted molar refractivity (Wildman–Crippen MR) is 116 cm³/mol. The monoisotopic (exact) mass is 424 g/mol. The number of nitrogens with one attached hydrogen (secondary N) is 1. The highest BCUT2D eigenvalue weighted by molar-refractivity contribution is 5.79. The molecule has 1 unspecified atom stereocenters. The van der Waals surface area contributed by atoms with Gasteiger partial charge in [-0.2, -0.15) is 0 Å². The number of likely N-dealkylation sites (tertiary alicyclic amines) is 1. The largest absolute Gasteiger partial charge is 0.481 e. The zero-order valence-electron chi connectivity index (χ0n) is 19.0. The number of alkyl carbamates (subject to hydrolysis) is 1. The van der Waals surface area contributed by atoms with Gasteiger partial charge in [-0.3, -0.25) is 4.79 Å². The summed E-state index contributed by atoms with van der Waals surface area (Å²) in [5, 5.41) is 12.2. The lowest BCUT2D eigenvalue weighted by Crippen LogP contribution is -2.46. The van der Waals surface area contributed by atoms with Crippen LogP contribution in [0.5, 0.6) is 0 Å². The van der Waals surface area contributed by atoms with Crippen molar-refractivity contribution in [1.82, 2.24) is 10.2 Å². The lowest BCUT2D eigenvalue weighted by Gasteiger charge is -2.27. The fourth-order valence-electron chi connectivity index (χ4n) is 2.59. The minimum absolute atomic E-state index is 0.0176. The first kappa shape index (κ1) is 27.2. The summed E-state index contributed by atoms with van der Waals surface area (Å²) in [4.78, 5) is 37.3. The van der Waals surface area contributed by atoms with Gasteiger partial charge < -0.3 is 24.8 Å². The molecule has 30 heavy (non-hydrogen) atoms. The number of carbonyl (C=O) groups excluding carboxylic acids is 2. The maximum absolute atomic E-state index is 12.2. The average molecular weight is 425 g/mol. The van der Waals surface area contributed by atoms with Crippen LogP contribution in [0.4, 0.5) is 9.59 Å². The Labute approximate surface area is 179 Å². The maximum atomic E-state index is 12.2. The summed E-state index contributed by atoms with van der Waals surface area (Å²) in [6.07, 6.45) is 5.86. The summed E-state index contributed by atoms with van der Waals surface area (Å²) >= 11 is 0. The fourth-order valence-corrected chi connectivity index (χ4v) is 2.59. The summed E-state index contributed by atoms with van der Waals surface area (Å²) in [5.74, 6) is -1.08. The number of amides is 2. The number of carboxylic acid groups (broad SMARTS) is 1. The highest BCUT2D eigenvalue weighted by Gasteiger charge is 2.47. The van der Waals surface area contributed by atoms with Crippen LogP contribution in [-0.2, 0) is 14.3 Å². The van der Waals surface area contributed by atoms with E-state index in [2.05, 4.69) is 11.9 Å². The van der Waals surface area contributed by atoms with Gasteiger partial charge in [0, 0.05) is 19.6 Å². The second-order valence-electron chi connectivity index (χ2n) is 7.64. The maximum Gasteiger partial charge on any atom is 0.410 e. The van der Waals surface area contributed by atoms with Gasteiger partial charge in [-0.25, -0.2) is 9.59 Å². The van der Waals surface area contributed by atoms with Crippen molar-refractivity contribution in [1.29, 1.82) is 0 Å². The third-order valence-corrected chi connectivity index (χ3v) is 4.17. The molecule has 0 spiro atoms. The molecule has 1 saturated heterocycles. The smallest absolute Gasteiger partial charge is 0.410 e. The fraction of sp³-hybridized carbons (Fsp3) is 0.591. The Hall–Kier alpha value is -2.77. The molecule has 1 atom stereocenters. The number of nitrogens with zero attached hydrogens (tertiary/aromatic N) is 1. The lowest BCUT2D eigenvalue weighted by molar-refractivity contribution is -0.147. The number of ether oxygens (including phenoxy) is 2. The van der Waals surface area contributed by atoms with Crippen LogP contribution in [0.3, 0.4) is 0 Å². The molecular weight excluding hydrogens is 388 g/mol. The van der Waals surface area contributed by atoms with Gasteiger partial charge in [0.1, 0.15) is 17.6 Å². The summed E-state index contributed by atoms with van der Waals surface area (Å²) in [5.41, 5.74) is -1.24. The molecule has 0 aromatic heterocycles. The van der Waals surface area contributed by atoms with Gasteiger partial charge >= 0.3 is 18.2 Å². The Morgan fingerprint density at radius 2 is 1.90 bits per heavy atom. The van der Waals surface area contributed by atoms with E-state index in [9.17, 15) is 19.5 Å². The zero-order valence-corrected chi connectivity index (χ0v) is 19.0. The van der Waals surface area contributed by atoms with Gasteiger partial charge in [-0.15, -0.1) is 0 Å². The summed E-state index contributed by atoms with van der Waals surface area (Å²) < 4.78 is 10.4. The van der Waals surface area contributed by atoms with Gasteiger partial charge in [-0.1, -0.05) is 44.7 Å². The van der Waals surface area contributed by atoms with Crippen LogP contribution in [0.25, 0.3) is 0 Å². The standard InChI is InChI=1S/C20H30N2O6.C2H6/c1-6-8-9-15(7-2)12-27-17(25)21-13-20(16(23)24)10-11-22(14-20)18(26)28-19(3,4)5;1-2/h6-9H,2,10-14H2,1,3-5H3,(H,21,25)(H,23,24);1-2H3/b8-6-,15-9+;. The summed E-state index contributed by atoms with van der Waals surface area (Å²) in [6.45, 7) is 14.8. The van der Waals surface area contributed by atoms with Crippen molar-refractivity contribution in [2.45, 2.75) is 53.6 Å². The van der Waals surface area contributed by atoms with Crippen molar-refractivity contribution in [3.05, 3.63) is 36.5 Å². The van der Waals surface area contributed by atoms with E-state index in [-0.39, 0.29) is 32.7 Å². The van der Waals surface area contributed by atoms with Gasteiger partial charge in [0.25, 0.3) is 0 Å². The second-order valence-corrected chi connectivity index (χ2v) is 7.64. The SMILES string of the molecule is C=C/C(=C\C=C/C)COC(=O)NCC1(C(=O)O)CCN(C(=O)OC(C)(C)C)C1.CC. The van der Waals surface area contributed by atoms with Crippen LogP contribution in [0, 0.1) is 5.41 Å². The van der Waals surface area contributed by atoms with Crippen molar-refractivity contribution in [3.63, 3.8) is 0 Å². The van der Waals surface area contributed by atoms with Crippen LogP contribution in [0.2, 0.25) is 0 Å². The van der Waals surface area contributed by atoms with Gasteiger partial charge in [-0.05, 0) is 39.7 Å². The molecule has 0 aromatic carbocycles. The highest BCUT2D eigenvalue weighted by atomic mass is 16.6. The third-order valence-electron chi connectivity index (χ3n) is 4.17. The molecule has 2 amide bonds. The van der Waals surface area contributed by atoms with E-state index in [0.29, 0.717) is 5.57 Å². The van der Waals surface area contributed by atoms with E-state index in [0.717, 1.165) is 0 Å². The molecule has 0 bridgehead atoms. The first-order chi connectivity index (χ1) is 14.0. The number of rotatable bonds is 7. The van der Waals surface area contributed by atoms with Crippen molar-refractivity contribution >= 4 is 18.2 Å². The van der Waals surface area contributed by atoms with E-state index in [4.69, 9.17) is 9.47 Å². The molecule has 170 valence electrons. The second kappa shape index (κ2) is 12.7. The number of carbonyl (C=O) groups is 3. The minimum Gasteiger partial charge on any atom is -0.481 e. The van der Waals surface area contributed by atoms with Crippen LogP contribution in [0.15, 0.2) is 36.5 Å². The molecular formula is C22H36N2O6. The molecule has 1 fully saturated rings. The van der Waals surface area contributed by atoms with E-state index < -0.39 is 29.2 Å². The normalized spacial score (nSPS) is 19.0. The molecule has 1 aliphatic heterocycles. The topological polar surface area (TPSA) is 105 Å². The quantitative estimate of drug-likeness (QED) is 0.595. The van der Waals surface area contributed by atoms with Crippen LogP contribution in [0.1, 0.15) is 48.0 Å². The number of carboxylic acids is 1. The molecule has 2 N–H and O–H groups in total. The number of hydrogen-bond acceptors (Lipinski definition) is 5. The molecule has 0 aliphatic carbocycles. The van der Waals surface area contributed by atoms with Crippen molar-refractivity contribution in [2.24, 2.45) is 5.41 Å². The molecule has 1 rings (SSSR count). The average Bonchev–Trinajstić information content (AvgIpc) is 3.13. The third kappa shape index (κ3) is 9.15. The number of hydrogen-bond donors (Lipinski definition) is 2. The van der Waals surface area contributed by atoms with E-state index in [1.165, 1.54) is 4.90 Å². The summed E-state index contributed by atoms with van der Waals surface area (Å²) in [6, 6.07) is 0. The highest BCUT2D eigenvalue weighted by Crippen LogP contribution is 2.31. The van der Waals surface area contributed by atoms with Gasteiger partial charge in [0.15, 0.2) is 0 Å². The number of aliphatic carboxylic acids is 1. The first-order valence-electron chi connectivity index (χ1n) is 10.1. The molecule has 0 saturated carbocycles. The molecule has 8 nitrogen and oxygen atoms in total. The van der Waals surface area contributed by atoms with Gasteiger partial charge in [0.05, 0.1) is 0 Å². The molecule has 0 aromatic rings. The summed E-state index contributed by atoms with van der Waals surface area (Å²) in [7, 11) is 0. The Morgan fingerprint density at radius 3 is 2.40 bits per heavy atom. The van der Waals surface area contributed by atoms with Crippen LogP contribution in [-0.4, -0.2) is 60.0 Å². The minimum atomic E-state index is -1.28. The Balaban J connectivity index is 0.00000407. The van der Waals surface area contributed by atoms with Crippen LogP contribution < -0.4 is 5.32 Å². The van der Waals surface area contributed by atoms with Crippen LogP contribution >= 0.6 is 0 Å².